The molecule has 0 saturated heterocycles. The average molecular weight is 227 g/mol. The van der Waals surface area contributed by atoms with Crippen LogP contribution >= 0.6 is 23.8 Å². The molecule has 74 valence electrons. The summed E-state index contributed by atoms with van der Waals surface area (Å²) in [5.74, 6) is 3.38. The van der Waals surface area contributed by atoms with Crippen molar-refractivity contribution in [1.82, 2.24) is 9.38 Å². The molecular weight excluding hydrogens is 216 g/mol. The molecule has 0 amide bonds. The third-order valence-electron chi connectivity index (χ3n) is 1.79. The van der Waals surface area contributed by atoms with Crippen LogP contribution in [0.4, 0.5) is 0 Å². The summed E-state index contributed by atoms with van der Waals surface area (Å²) in [6, 6.07) is 3.97. The van der Waals surface area contributed by atoms with Gasteiger partial charge < -0.3 is 4.40 Å². The predicted octanol–water partition coefficient (Wildman–Crippen LogP) is 3.00. The molecule has 0 aliphatic carbocycles. The molecule has 0 fully saturated rings. The Labute approximate surface area is 93.5 Å². The molecule has 2 nitrogen and oxygen atoms in total. The number of hydrogen-bond acceptors (Lipinski definition) is 2. The van der Waals surface area contributed by atoms with Crippen molar-refractivity contribution in [1.29, 1.82) is 0 Å². The molecular formula is C10H11ClN2S. The highest BCUT2D eigenvalue weighted by Crippen LogP contribution is 2.08. The first-order chi connectivity index (χ1) is 6.79. The Balaban J connectivity index is 0.000000461. The Morgan fingerprint density at radius 1 is 1.43 bits per heavy atom. The fourth-order valence-corrected chi connectivity index (χ4v) is 1.40. The first kappa shape index (κ1) is 11.1. The number of hydrogen-bond donors (Lipinski definition) is 0. The van der Waals surface area contributed by atoms with Crippen molar-refractivity contribution >= 4 is 35.3 Å². The minimum absolute atomic E-state index is 0.549. The fraction of sp³-hybridized carbons (Fsp3) is 0.200. The van der Waals surface area contributed by atoms with Crippen molar-refractivity contribution in [2.45, 2.75) is 12.8 Å². The highest BCUT2D eigenvalue weighted by molar-refractivity contribution is 7.77. The van der Waals surface area contributed by atoms with Crippen LogP contribution in [-0.2, 0) is 5.88 Å². The predicted molar refractivity (Wildman–Crippen MR) is 64.2 cm³/mol. The van der Waals surface area contributed by atoms with E-state index in [1.807, 2.05) is 35.9 Å². The van der Waals surface area contributed by atoms with E-state index in [2.05, 4.69) is 23.1 Å². The molecule has 0 unspecified atom stereocenters. The molecule has 2 aromatic heterocycles. The van der Waals surface area contributed by atoms with Crippen LogP contribution in [0.25, 0.3) is 5.65 Å². The van der Waals surface area contributed by atoms with Gasteiger partial charge in [0.05, 0.1) is 5.69 Å². The molecule has 0 spiro atoms. The van der Waals surface area contributed by atoms with Crippen molar-refractivity contribution in [3.8, 4) is 0 Å². The molecule has 2 rings (SSSR count). The monoisotopic (exact) mass is 226 g/mol. The van der Waals surface area contributed by atoms with E-state index in [1.54, 1.807) is 0 Å². The summed E-state index contributed by atoms with van der Waals surface area (Å²) < 4.78 is 1.99. The van der Waals surface area contributed by atoms with Gasteiger partial charge in [-0.15, -0.1) is 11.6 Å². The van der Waals surface area contributed by atoms with E-state index in [1.165, 1.54) is 0 Å². The number of fused-ring (bicyclic) bond motifs is 1. The Morgan fingerprint density at radius 3 is 2.79 bits per heavy atom. The number of thiocarbonyl (C=S) groups is 1. The van der Waals surface area contributed by atoms with Crippen molar-refractivity contribution < 1.29 is 0 Å². The van der Waals surface area contributed by atoms with Crippen LogP contribution in [0.2, 0.25) is 0 Å². The SMILES string of the molecule is C=S.Cc1cn2cc(CCl)ccc2n1. The third kappa shape index (κ3) is 2.30. The molecule has 2 heterocycles. The van der Waals surface area contributed by atoms with Crippen molar-refractivity contribution in [3.05, 3.63) is 35.8 Å². The maximum Gasteiger partial charge on any atom is 0.136 e. The number of alkyl halides is 1. The lowest BCUT2D eigenvalue weighted by Gasteiger charge is -1.95. The van der Waals surface area contributed by atoms with Crippen LogP contribution in [0.1, 0.15) is 11.3 Å². The summed E-state index contributed by atoms with van der Waals surface area (Å²) in [5, 5.41) is 0. The van der Waals surface area contributed by atoms with Gasteiger partial charge in [-0.05, 0) is 24.4 Å². The Kier molecular flexibility index (Phi) is 4.04. The maximum absolute atomic E-state index is 5.70. The Bertz CT molecular complexity index is 425. The van der Waals surface area contributed by atoms with E-state index in [9.17, 15) is 0 Å². The smallest absolute Gasteiger partial charge is 0.136 e. The zero-order valence-electron chi connectivity index (χ0n) is 7.90. The Morgan fingerprint density at radius 2 is 2.14 bits per heavy atom. The fourth-order valence-electron chi connectivity index (χ4n) is 1.24. The van der Waals surface area contributed by atoms with Gasteiger partial charge >= 0.3 is 0 Å². The second kappa shape index (κ2) is 5.08. The lowest BCUT2D eigenvalue weighted by atomic mass is 10.3. The highest BCUT2D eigenvalue weighted by atomic mass is 35.5. The van der Waals surface area contributed by atoms with E-state index in [0.717, 1.165) is 16.9 Å². The molecule has 0 radical (unpaired) electrons. The summed E-state index contributed by atoms with van der Waals surface area (Å²) in [5.41, 5.74) is 3.12. The van der Waals surface area contributed by atoms with E-state index in [4.69, 9.17) is 11.6 Å². The van der Waals surface area contributed by atoms with Crippen LogP contribution in [0.5, 0.6) is 0 Å². The molecule has 0 atom stereocenters. The van der Waals surface area contributed by atoms with Gasteiger partial charge in [0.15, 0.2) is 0 Å². The minimum Gasteiger partial charge on any atom is -0.307 e. The summed E-state index contributed by atoms with van der Waals surface area (Å²) in [6.45, 7) is 1.98. The van der Waals surface area contributed by atoms with Crippen LogP contribution < -0.4 is 0 Å². The van der Waals surface area contributed by atoms with Crippen LogP contribution in [-0.4, -0.2) is 15.3 Å². The van der Waals surface area contributed by atoms with Gasteiger partial charge in [-0.3, -0.25) is 0 Å². The molecule has 0 aromatic carbocycles. The standard InChI is InChI=1S/C9H9ClN2.CH2S/c1-7-5-12-6-8(4-10)2-3-9(12)11-7;1-2/h2-3,5-6H,4H2,1H3;1H2. The van der Waals surface area contributed by atoms with Crippen LogP contribution in [0.15, 0.2) is 24.5 Å². The summed E-state index contributed by atoms with van der Waals surface area (Å²) in [7, 11) is 0. The third-order valence-corrected chi connectivity index (χ3v) is 2.10. The number of pyridine rings is 1. The van der Waals surface area contributed by atoms with Crippen molar-refractivity contribution in [3.63, 3.8) is 0 Å². The average Bonchev–Trinajstić information content (AvgIpc) is 2.59. The van der Waals surface area contributed by atoms with E-state index >= 15 is 0 Å². The summed E-state index contributed by atoms with van der Waals surface area (Å²) in [4.78, 5) is 4.31. The maximum atomic E-state index is 5.70. The minimum atomic E-state index is 0.549. The second-order valence-corrected chi connectivity index (χ2v) is 3.09. The quantitative estimate of drug-likeness (QED) is 0.550. The second-order valence-electron chi connectivity index (χ2n) is 2.82. The molecule has 4 heteroatoms. The summed E-state index contributed by atoms with van der Waals surface area (Å²) in [6.07, 6.45) is 3.99. The number of halogens is 1. The van der Waals surface area contributed by atoms with E-state index in [-0.39, 0.29) is 0 Å². The number of imidazole rings is 1. The van der Waals surface area contributed by atoms with Gasteiger partial charge in [-0.25, -0.2) is 4.98 Å². The van der Waals surface area contributed by atoms with Gasteiger partial charge in [-0.1, -0.05) is 18.3 Å². The molecule has 0 N–H and O–H groups in total. The zero-order valence-corrected chi connectivity index (χ0v) is 9.48. The highest BCUT2D eigenvalue weighted by Gasteiger charge is 1.97. The molecule has 0 aliphatic rings. The first-order valence-electron chi connectivity index (χ1n) is 4.08. The number of aryl methyl sites for hydroxylation is 1. The normalized spacial score (nSPS) is 9.57. The molecule has 0 bridgehead atoms. The van der Waals surface area contributed by atoms with Gasteiger partial charge in [-0.2, -0.15) is 0 Å². The van der Waals surface area contributed by atoms with Crippen LogP contribution in [0.3, 0.4) is 0 Å². The Hall–Kier alpha value is -0.930. The topological polar surface area (TPSA) is 17.3 Å². The first-order valence-corrected chi connectivity index (χ1v) is 5.20. The van der Waals surface area contributed by atoms with Gasteiger partial charge in [0.1, 0.15) is 5.65 Å². The number of aromatic nitrogens is 2. The summed E-state index contributed by atoms with van der Waals surface area (Å²) >= 11 is 9.53. The molecule has 0 saturated carbocycles. The lowest BCUT2D eigenvalue weighted by molar-refractivity contribution is 1.14. The lowest BCUT2D eigenvalue weighted by Crippen LogP contribution is -1.85. The number of nitrogens with zero attached hydrogens (tertiary/aromatic N) is 2. The van der Waals surface area contributed by atoms with Crippen LogP contribution in [0, 0.1) is 6.92 Å². The van der Waals surface area contributed by atoms with Gasteiger partial charge in [0, 0.05) is 18.3 Å². The molecule has 14 heavy (non-hydrogen) atoms. The van der Waals surface area contributed by atoms with E-state index < -0.39 is 0 Å². The van der Waals surface area contributed by atoms with Gasteiger partial charge in [0.2, 0.25) is 0 Å². The zero-order chi connectivity index (χ0) is 10.6. The van der Waals surface area contributed by atoms with Crippen molar-refractivity contribution in [2.24, 2.45) is 0 Å². The largest absolute Gasteiger partial charge is 0.307 e. The van der Waals surface area contributed by atoms with Crippen molar-refractivity contribution in [2.75, 3.05) is 0 Å². The number of rotatable bonds is 1. The van der Waals surface area contributed by atoms with E-state index in [0.29, 0.717) is 5.88 Å². The molecule has 0 aliphatic heterocycles. The van der Waals surface area contributed by atoms with Gasteiger partial charge in [0.25, 0.3) is 0 Å². The molecule has 2 aromatic rings.